The molecule has 1 unspecified atom stereocenters. The summed E-state index contributed by atoms with van der Waals surface area (Å²) in [5.41, 5.74) is 2.63. The molecule has 3 rings (SSSR count). The molecule has 0 aliphatic rings. The number of hydrogen-bond acceptors (Lipinski definition) is 2. The molecule has 3 aromatic rings. The van der Waals surface area contributed by atoms with Crippen molar-refractivity contribution in [1.29, 1.82) is 0 Å². The molecular formula is C23H23FN2O. The van der Waals surface area contributed by atoms with E-state index in [1.54, 1.807) is 18.2 Å². The summed E-state index contributed by atoms with van der Waals surface area (Å²) in [5, 5.41) is 6.20. The first-order valence-corrected chi connectivity index (χ1v) is 9.02. The highest BCUT2D eigenvalue weighted by atomic mass is 19.1. The Balaban J connectivity index is 1.70. The van der Waals surface area contributed by atoms with E-state index in [2.05, 4.69) is 10.6 Å². The average Bonchev–Trinajstić information content (AvgIpc) is 2.72. The molecule has 1 amide bonds. The summed E-state index contributed by atoms with van der Waals surface area (Å²) < 4.78 is 13.7. The van der Waals surface area contributed by atoms with Crippen LogP contribution in [0.5, 0.6) is 0 Å². The van der Waals surface area contributed by atoms with E-state index in [0.717, 1.165) is 11.1 Å². The Hall–Kier alpha value is -2.98. The van der Waals surface area contributed by atoms with Gasteiger partial charge in [0.2, 0.25) is 5.91 Å². The molecule has 4 heteroatoms. The maximum absolute atomic E-state index is 13.7. The second-order valence-corrected chi connectivity index (χ2v) is 6.45. The van der Waals surface area contributed by atoms with Crippen LogP contribution in [0.15, 0.2) is 84.9 Å². The van der Waals surface area contributed by atoms with E-state index in [4.69, 9.17) is 0 Å². The van der Waals surface area contributed by atoms with E-state index in [9.17, 15) is 9.18 Å². The van der Waals surface area contributed by atoms with E-state index in [1.165, 1.54) is 6.07 Å². The Bertz CT molecular complexity index is 828. The first kappa shape index (κ1) is 18.8. The zero-order chi connectivity index (χ0) is 19.1. The third kappa shape index (κ3) is 5.02. The number of amides is 1. The summed E-state index contributed by atoms with van der Waals surface area (Å²) in [6.07, 6.45) is 0. The highest BCUT2D eigenvalue weighted by Crippen LogP contribution is 2.22. The summed E-state index contributed by atoms with van der Waals surface area (Å²) in [5.74, 6) is -0.486. The van der Waals surface area contributed by atoms with Crippen LogP contribution in [0.2, 0.25) is 0 Å². The van der Waals surface area contributed by atoms with Crippen LogP contribution in [0.25, 0.3) is 0 Å². The number of benzene rings is 3. The van der Waals surface area contributed by atoms with Crippen molar-refractivity contribution in [2.75, 3.05) is 0 Å². The lowest BCUT2D eigenvalue weighted by molar-refractivity contribution is -0.123. The molecule has 2 N–H and O–H groups in total. The van der Waals surface area contributed by atoms with E-state index in [-0.39, 0.29) is 24.3 Å². The summed E-state index contributed by atoms with van der Waals surface area (Å²) >= 11 is 0. The molecule has 0 radical (unpaired) electrons. The molecule has 0 spiro atoms. The molecule has 27 heavy (non-hydrogen) atoms. The van der Waals surface area contributed by atoms with E-state index >= 15 is 0 Å². The van der Waals surface area contributed by atoms with Crippen LogP contribution in [0, 0.1) is 5.82 Å². The van der Waals surface area contributed by atoms with Crippen LogP contribution < -0.4 is 10.6 Å². The minimum Gasteiger partial charge on any atom is -0.351 e. The summed E-state index contributed by atoms with van der Waals surface area (Å²) in [7, 11) is 0. The third-order valence-electron chi connectivity index (χ3n) is 4.49. The molecule has 138 valence electrons. The van der Waals surface area contributed by atoms with Crippen molar-refractivity contribution in [3.05, 3.63) is 107 Å². The Morgan fingerprint density at radius 2 is 1.37 bits per heavy atom. The molecule has 0 aromatic heterocycles. The monoisotopic (exact) mass is 362 g/mol. The predicted molar refractivity (Wildman–Crippen MR) is 106 cm³/mol. The number of hydrogen-bond donors (Lipinski definition) is 2. The second kappa shape index (κ2) is 9.10. The van der Waals surface area contributed by atoms with Gasteiger partial charge in [-0.2, -0.15) is 0 Å². The molecule has 0 heterocycles. The minimum absolute atomic E-state index is 0.110. The van der Waals surface area contributed by atoms with Crippen LogP contribution in [-0.4, -0.2) is 11.9 Å². The van der Waals surface area contributed by atoms with Crippen molar-refractivity contribution < 1.29 is 9.18 Å². The van der Waals surface area contributed by atoms with Crippen LogP contribution in [0.1, 0.15) is 29.7 Å². The van der Waals surface area contributed by atoms with Crippen molar-refractivity contribution in [2.45, 2.75) is 25.6 Å². The first-order valence-electron chi connectivity index (χ1n) is 9.02. The van der Waals surface area contributed by atoms with E-state index < -0.39 is 6.04 Å². The predicted octanol–water partition coefficient (Wildman–Crippen LogP) is 4.21. The highest BCUT2D eigenvalue weighted by Gasteiger charge is 2.20. The standard InChI is InChI=1S/C23H23FN2O/c1-17(23(27)25-16-20-14-8-9-15-21(20)24)26-22(18-10-4-2-5-11-18)19-12-6-3-7-13-19/h2-15,17,22,26H,16H2,1H3,(H,25,27). The number of nitrogens with one attached hydrogen (secondary N) is 2. The van der Waals surface area contributed by atoms with Crippen LogP contribution in [-0.2, 0) is 11.3 Å². The fraction of sp³-hybridized carbons (Fsp3) is 0.174. The van der Waals surface area contributed by atoms with Gasteiger partial charge in [0, 0.05) is 12.1 Å². The van der Waals surface area contributed by atoms with E-state index in [1.807, 2.05) is 67.6 Å². The van der Waals surface area contributed by atoms with Gasteiger partial charge in [0.25, 0.3) is 0 Å². The molecule has 0 aliphatic heterocycles. The molecule has 0 aliphatic carbocycles. The normalized spacial score (nSPS) is 12.0. The van der Waals surface area contributed by atoms with Gasteiger partial charge >= 0.3 is 0 Å². The average molecular weight is 362 g/mol. The Morgan fingerprint density at radius 1 is 0.852 bits per heavy atom. The number of rotatable bonds is 7. The minimum atomic E-state index is -0.442. The molecule has 0 fully saturated rings. The van der Waals surface area contributed by atoms with Crippen molar-refractivity contribution in [2.24, 2.45) is 0 Å². The van der Waals surface area contributed by atoms with Crippen LogP contribution in [0.3, 0.4) is 0 Å². The van der Waals surface area contributed by atoms with Gasteiger partial charge in [-0.25, -0.2) is 4.39 Å². The van der Waals surface area contributed by atoms with Crippen molar-refractivity contribution in [1.82, 2.24) is 10.6 Å². The van der Waals surface area contributed by atoms with Gasteiger partial charge in [0.1, 0.15) is 5.82 Å². The fourth-order valence-corrected chi connectivity index (χ4v) is 2.98. The van der Waals surface area contributed by atoms with Gasteiger partial charge in [-0.05, 0) is 24.1 Å². The van der Waals surface area contributed by atoms with Crippen molar-refractivity contribution in [3.8, 4) is 0 Å². The molecule has 1 atom stereocenters. The maximum atomic E-state index is 13.7. The SMILES string of the molecule is CC(NC(c1ccccc1)c1ccccc1)C(=O)NCc1ccccc1F. The molecule has 3 aromatic carbocycles. The van der Waals surface area contributed by atoms with Gasteiger partial charge < -0.3 is 5.32 Å². The van der Waals surface area contributed by atoms with Gasteiger partial charge in [-0.15, -0.1) is 0 Å². The second-order valence-electron chi connectivity index (χ2n) is 6.45. The summed E-state index contributed by atoms with van der Waals surface area (Å²) in [6.45, 7) is 1.98. The van der Waals surface area contributed by atoms with Gasteiger partial charge in [-0.3, -0.25) is 10.1 Å². The first-order chi connectivity index (χ1) is 13.1. The smallest absolute Gasteiger partial charge is 0.237 e. The van der Waals surface area contributed by atoms with Crippen LogP contribution >= 0.6 is 0 Å². The lowest BCUT2D eigenvalue weighted by Crippen LogP contribution is -2.43. The molecule has 0 saturated carbocycles. The third-order valence-corrected chi connectivity index (χ3v) is 4.49. The van der Waals surface area contributed by atoms with Gasteiger partial charge in [0.15, 0.2) is 0 Å². The Kier molecular flexibility index (Phi) is 6.34. The fourth-order valence-electron chi connectivity index (χ4n) is 2.98. The summed E-state index contributed by atoms with van der Waals surface area (Å²) in [6, 6.07) is 25.9. The zero-order valence-corrected chi connectivity index (χ0v) is 15.2. The van der Waals surface area contributed by atoms with Crippen LogP contribution in [0.4, 0.5) is 4.39 Å². The molecule has 0 bridgehead atoms. The number of carbonyl (C=O) groups is 1. The maximum Gasteiger partial charge on any atom is 0.237 e. The zero-order valence-electron chi connectivity index (χ0n) is 15.2. The molecular weight excluding hydrogens is 339 g/mol. The quantitative estimate of drug-likeness (QED) is 0.661. The van der Waals surface area contributed by atoms with E-state index in [0.29, 0.717) is 5.56 Å². The Labute approximate surface area is 159 Å². The molecule has 0 saturated heterocycles. The lowest BCUT2D eigenvalue weighted by Gasteiger charge is -2.24. The summed E-state index contributed by atoms with van der Waals surface area (Å²) in [4.78, 5) is 12.5. The lowest BCUT2D eigenvalue weighted by atomic mass is 9.98. The topological polar surface area (TPSA) is 41.1 Å². The van der Waals surface area contributed by atoms with Gasteiger partial charge in [0.05, 0.1) is 12.1 Å². The number of carbonyl (C=O) groups excluding carboxylic acids is 1. The van der Waals surface area contributed by atoms with Crippen molar-refractivity contribution in [3.63, 3.8) is 0 Å². The Morgan fingerprint density at radius 3 is 1.93 bits per heavy atom. The highest BCUT2D eigenvalue weighted by molar-refractivity contribution is 5.81. The van der Waals surface area contributed by atoms with Crippen molar-refractivity contribution >= 4 is 5.91 Å². The number of halogens is 1. The molecule has 3 nitrogen and oxygen atoms in total. The van der Waals surface area contributed by atoms with Gasteiger partial charge in [-0.1, -0.05) is 78.9 Å². The largest absolute Gasteiger partial charge is 0.351 e.